The van der Waals surface area contributed by atoms with E-state index in [-0.39, 0.29) is 10.0 Å². The molecule has 1 fully saturated rings. The molecule has 0 aromatic heterocycles. The monoisotopic (exact) mass is 436 g/mol. The van der Waals surface area contributed by atoms with Crippen molar-refractivity contribution in [3.05, 3.63) is 78.2 Å². The zero-order valence-corrected chi connectivity index (χ0v) is 16.1. The fourth-order valence-corrected chi connectivity index (χ4v) is 3.58. The predicted octanol–water partition coefficient (Wildman–Crippen LogP) is 4.38. The Bertz CT molecular complexity index is 1040. The molecule has 2 aromatic rings. The maximum absolute atomic E-state index is 12.6. The quantitative estimate of drug-likeness (QED) is 0.317. The van der Waals surface area contributed by atoms with Gasteiger partial charge in [-0.3, -0.25) is 30.4 Å². The number of thioether (sulfide) groups is 1. The van der Waals surface area contributed by atoms with Crippen LogP contribution in [0.25, 0.3) is 6.08 Å². The fraction of sp³-hybridized carbons (Fsp3) is 0. The lowest BCUT2D eigenvalue weighted by atomic mass is 10.2. The molecule has 1 N–H and O–H groups in total. The first-order chi connectivity index (χ1) is 13.3. The second kappa shape index (κ2) is 7.92. The molecule has 1 aliphatic heterocycles. The lowest BCUT2D eigenvalue weighted by Gasteiger charge is -2.16. The number of non-ortho nitro benzene ring substituents is 1. The minimum Gasteiger partial charge on any atom is -0.283 e. The molecule has 28 heavy (non-hydrogen) atoms. The van der Waals surface area contributed by atoms with Crippen LogP contribution in [0.3, 0.4) is 0 Å². The summed E-state index contributed by atoms with van der Waals surface area (Å²) in [5.41, 5.74) is 2.22. The smallest absolute Gasteiger partial charge is 0.283 e. The van der Waals surface area contributed by atoms with Crippen LogP contribution in [0.2, 0.25) is 5.02 Å². The summed E-state index contributed by atoms with van der Waals surface area (Å²) in [5, 5.41) is 23.6. The van der Waals surface area contributed by atoms with Crippen molar-refractivity contribution in [2.75, 3.05) is 5.43 Å². The minimum atomic E-state index is -0.781. The number of rotatable bonds is 5. The molecule has 0 bridgehead atoms. The van der Waals surface area contributed by atoms with Gasteiger partial charge in [0.1, 0.15) is 5.69 Å². The molecule has 1 amide bonds. The number of halogens is 1. The number of carbonyl (C=O) groups is 1. The number of thiocarbonyl (C=S) groups is 1. The van der Waals surface area contributed by atoms with Gasteiger partial charge in [-0.1, -0.05) is 35.5 Å². The number of carbonyl (C=O) groups excluding carboxylic acids is 1. The largest absolute Gasteiger partial charge is 0.300 e. The zero-order valence-electron chi connectivity index (χ0n) is 13.7. The van der Waals surface area contributed by atoms with Crippen LogP contribution >= 0.6 is 35.6 Å². The third-order valence-electron chi connectivity index (χ3n) is 3.58. The van der Waals surface area contributed by atoms with Crippen molar-refractivity contribution in [3.8, 4) is 0 Å². The molecule has 3 rings (SSSR count). The topological polar surface area (TPSA) is 119 Å². The molecular weight excluding hydrogens is 428 g/mol. The number of nitro groups is 2. The van der Waals surface area contributed by atoms with Gasteiger partial charge in [-0.25, -0.2) is 5.01 Å². The second-order valence-electron chi connectivity index (χ2n) is 5.40. The van der Waals surface area contributed by atoms with E-state index in [1.807, 2.05) is 0 Å². The number of benzene rings is 2. The number of hydrogen-bond acceptors (Lipinski definition) is 8. The highest BCUT2D eigenvalue weighted by Gasteiger charge is 2.34. The molecule has 2 aromatic carbocycles. The molecular formula is C16H9ClN4O5S2. The van der Waals surface area contributed by atoms with E-state index < -0.39 is 27.1 Å². The Morgan fingerprint density at radius 2 is 1.79 bits per heavy atom. The zero-order chi connectivity index (χ0) is 20.4. The number of amides is 1. The summed E-state index contributed by atoms with van der Waals surface area (Å²) in [4.78, 5) is 33.5. The van der Waals surface area contributed by atoms with Crippen LogP contribution in [0.5, 0.6) is 0 Å². The van der Waals surface area contributed by atoms with Crippen LogP contribution in [-0.2, 0) is 4.79 Å². The molecule has 0 spiro atoms. The van der Waals surface area contributed by atoms with Crippen molar-refractivity contribution in [1.29, 1.82) is 0 Å². The molecule has 1 saturated heterocycles. The average molecular weight is 437 g/mol. The van der Waals surface area contributed by atoms with E-state index in [0.29, 0.717) is 9.93 Å². The van der Waals surface area contributed by atoms with Crippen molar-refractivity contribution in [2.45, 2.75) is 0 Å². The van der Waals surface area contributed by atoms with Gasteiger partial charge in [0, 0.05) is 11.1 Å². The number of hydrazine groups is 1. The van der Waals surface area contributed by atoms with Gasteiger partial charge in [-0.2, -0.15) is 0 Å². The minimum absolute atomic E-state index is 0.0976. The van der Waals surface area contributed by atoms with Crippen molar-refractivity contribution < 1.29 is 14.6 Å². The number of anilines is 1. The highest BCUT2D eigenvalue weighted by atomic mass is 35.5. The normalized spacial score (nSPS) is 15.2. The van der Waals surface area contributed by atoms with Gasteiger partial charge in [0.2, 0.25) is 0 Å². The number of nitro benzene ring substituents is 2. The summed E-state index contributed by atoms with van der Waals surface area (Å²) < 4.78 is 0.137. The molecule has 9 nitrogen and oxygen atoms in total. The molecule has 0 unspecified atom stereocenters. The third-order valence-corrected chi connectivity index (χ3v) is 5.14. The Balaban J connectivity index is 1.88. The predicted molar refractivity (Wildman–Crippen MR) is 110 cm³/mol. The number of nitrogens with zero attached hydrogens (tertiary/aromatic N) is 3. The summed E-state index contributed by atoms with van der Waals surface area (Å²) in [5.74, 6) is -0.502. The van der Waals surface area contributed by atoms with Crippen LogP contribution < -0.4 is 5.43 Å². The number of hydrogen-bond donors (Lipinski definition) is 1. The lowest BCUT2D eigenvalue weighted by molar-refractivity contribution is -0.393. The highest BCUT2D eigenvalue weighted by molar-refractivity contribution is 8.26. The maximum atomic E-state index is 12.6. The Kier molecular flexibility index (Phi) is 5.58. The molecule has 12 heteroatoms. The first kappa shape index (κ1) is 19.7. The summed E-state index contributed by atoms with van der Waals surface area (Å²) in [6.07, 6.45) is 1.61. The standard InChI is InChI=1S/C16H9ClN4O5S2/c17-10-3-1-9(2-4-10)7-14-15(22)19(16(27)28-14)18-12-6-5-11(20(23)24)8-13(12)21(25)26/h1-8,18H/b14-7+. The van der Waals surface area contributed by atoms with Crippen LogP contribution in [0.15, 0.2) is 47.4 Å². The first-order valence-electron chi connectivity index (χ1n) is 7.49. The van der Waals surface area contributed by atoms with E-state index in [1.165, 1.54) is 0 Å². The second-order valence-corrected chi connectivity index (χ2v) is 7.51. The molecule has 0 radical (unpaired) electrons. The van der Waals surface area contributed by atoms with Gasteiger partial charge in [0.25, 0.3) is 11.6 Å². The van der Waals surface area contributed by atoms with Crippen molar-refractivity contribution in [2.24, 2.45) is 0 Å². The SMILES string of the molecule is O=C1/C(=C\c2ccc(Cl)cc2)SC(=S)N1Nc1ccc([N+](=O)[O-])cc1[N+](=O)[O-]. The summed E-state index contributed by atoms with van der Waals surface area (Å²) in [7, 11) is 0. The Morgan fingerprint density at radius 1 is 1.11 bits per heavy atom. The first-order valence-corrected chi connectivity index (χ1v) is 9.09. The molecule has 0 atom stereocenters. The van der Waals surface area contributed by atoms with Crippen molar-refractivity contribution >= 4 is 68.9 Å². The van der Waals surface area contributed by atoms with Gasteiger partial charge in [-0.15, -0.1) is 0 Å². The molecule has 0 saturated carbocycles. The average Bonchev–Trinajstić information content (AvgIpc) is 2.91. The van der Waals surface area contributed by atoms with Crippen LogP contribution in [0.1, 0.15) is 5.56 Å². The van der Waals surface area contributed by atoms with Crippen molar-refractivity contribution in [3.63, 3.8) is 0 Å². The van der Waals surface area contributed by atoms with E-state index in [9.17, 15) is 25.0 Å². The van der Waals surface area contributed by atoms with E-state index in [4.69, 9.17) is 23.8 Å². The molecule has 0 aliphatic carbocycles. The third kappa shape index (κ3) is 4.11. The van der Waals surface area contributed by atoms with Gasteiger partial charge in [-0.05, 0) is 42.1 Å². The Labute approximate surface area is 172 Å². The summed E-state index contributed by atoms with van der Waals surface area (Å²) >= 11 is 12.0. The van der Waals surface area contributed by atoms with E-state index in [0.717, 1.165) is 40.5 Å². The fourth-order valence-electron chi connectivity index (χ4n) is 2.27. The molecule has 1 aliphatic rings. The van der Waals surface area contributed by atoms with Gasteiger partial charge < -0.3 is 0 Å². The van der Waals surface area contributed by atoms with Gasteiger partial charge in [0.05, 0.1) is 20.8 Å². The van der Waals surface area contributed by atoms with Crippen LogP contribution in [-0.4, -0.2) is 25.1 Å². The van der Waals surface area contributed by atoms with Crippen LogP contribution in [0.4, 0.5) is 17.1 Å². The molecule has 142 valence electrons. The lowest BCUT2D eigenvalue weighted by Crippen LogP contribution is -2.34. The Morgan fingerprint density at radius 3 is 2.39 bits per heavy atom. The number of nitrogens with one attached hydrogen (secondary N) is 1. The summed E-state index contributed by atoms with van der Waals surface area (Å²) in [6.45, 7) is 0. The van der Waals surface area contributed by atoms with E-state index in [2.05, 4.69) is 5.43 Å². The molecule has 1 heterocycles. The van der Waals surface area contributed by atoms with Gasteiger partial charge >= 0.3 is 5.69 Å². The summed E-state index contributed by atoms with van der Waals surface area (Å²) in [6, 6.07) is 9.85. The Hall–Kier alpha value is -3.02. The van der Waals surface area contributed by atoms with Gasteiger partial charge in [0.15, 0.2) is 4.32 Å². The highest BCUT2D eigenvalue weighted by Crippen LogP contribution is 2.35. The van der Waals surface area contributed by atoms with E-state index >= 15 is 0 Å². The van der Waals surface area contributed by atoms with Crippen molar-refractivity contribution in [1.82, 2.24) is 5.01 Å². The van der Waals surface area contributed by atoms with Crippen LogP contribution in [0, 0.1) is 20.2 Å². The maximum Gasteiger partial charge on any atom is 0.300 e. The van der Waals surface area contributed by atoms with E-state index in [1.54, 1.807) is 30.3 Å².